The van der Waals surface area contributed by atoms with Crippen molar-refractivity contribution in [3.05, 3.63) is 23.9 Å². The van der Waals surface area contributed by atoms with Crippen molar-refractivity contribution in [3.8, 4) is 5.88 Å². The van der Waals surface area contributed by atoms with Gasteiger partial charge in [0.05, 0.1) is 6.10 Å². The van der Waals surface area contributed by atoms with Gasteiger partial charge in [0.15, 0.2) is 0 Å². The molecule has 1 heterocycles. The Balaban J connectivity index is 2.68. The highest BCUT2D eigenvalue weighted by atomic mass is 79.9. The summed E-state index contributed by atoms with van der Waals surface area (Å²) in [5.74, 6) is 0.714. The summed E-state index contributed by atoms with van der Waals surface area (Å²) in [7, 11) is 0. The van der Waals surface area contributed by atoms with Crippen LogP contribution in [0.25, 0.3) is 0 Å². The fraction of sp³-hybridized carbons (Fsp3) is 0.545. The fourth-order valence-corrected chi connectivity index (χ4v) is 1.50. The van der Waals surface area contributed by atoms with E-state index in [9.17, 15) is 0 Å². The molecule has 0 fully saturated rings. The minimum Gasteiger partial charge on any atom is -0.475 e. The van der Waals surface area contributed by atoms with Gasteiger partial charge in [-0.3, -0.25) is 0 Å². The third kappa shape index (κ3) is 4.09. The molecule has 78 valence electrons. The number of rotatable bonds is 4. The minimum atomic E-state index is 0.180. The molecule has 2 nitrogen and oxygen atoms in total. The molecule has 0 spiro atoms. The van der Waals surface area contributed by atoms with E-state index in [1.165, 1.54) is 0 Å². The first-order valence-electron chi connectivity index (χ1n) is 4.84. The Labute approximate surface area is 93.8 Å². The molecular formula is C11H16BrNO. The predicted molar refractivity (Wildman–Crippen MR) is 62.1 cm³/mol. The Morgan fingerprint density at radius 1 is 1.36 bits per heavy atom. The monoisotopic (exact) mass is 257 g/mol. The number of hydrogen-bond donors (Lipinski definition) is 0. The molecule has 0 bridgehead atoms. The third-order valence-corrected chi connectivity index (χ3v) is 1.95. The SMILES string of the molecule is CC(Br)Cc1cccc(OC(C)C)n1. The molecule has 0 aliphatic heterocycles. The van der Waals surface area contributed by atoms with E-state index >= 15 is 0 Å². The van der Waals surface area contributed by atoms with Crippen LogP contribution < -0.4 is 4.74 Å². The fourth-order valence-electron chi connectivity index (χ4n) is 1.17. The number of alkyl halides is 1. The van der Waals surface area contributed by atoms with Gasteiger partial charge in [-0.15, -0.1) is 0 Å². The molecule has 0 saturated carbocycles. The van der Waals surface area contributed by atoms with E-state index in [1.54, 1.807) is 0 Å². The zero-order valence-corrected chi connectivity index (χ0v) is 10.4. The van der Waals surface area contributed by atoms with Gasteiger partial charge < -0.3 is 4.74 Å². The molecule has 0 aromatic carbocycles. The molecule has 0 aliphatic carbocycles. The van der Waals surface area contributed by atoms with Crippen LogP contribution in [0.4, 0.5) is 0 Å². The van der Waals surface area contributed by atoms with Gasteiger partial charge in [0, 0.05) is 23.0 Å². The Kier molecular flexibility index (Phi) is 4.39. The normalized spacial score (nSPS) is 12.9. The lowest BCUT2D eigenvalue weighted by molar-refractivity contribution is 0.232. The maximum atomic E-state index is 5.51. The van der Waals surface area contributed by atoms with Crippen molar-refractivity contribution in [1.82, 2.24) is 4.98 Å². The summed E-state index contributed by atoms with van der Waals surface area (Å²) in [5.41, 5.74) is 1.06. The van der Waals surface area contributed by atoms with Gasteiger partial charge >= 0.3 is 0 Å². The van der Waals surface area contributed by atoms with E-state index in [2.05, 4.69) is 27.8 Å². The number of pyridine rings is 1. The van der Waals surface area contributed by atoms with Gasteiger partial charge in [-0.25, -0.2) is 4.98 Å². The summed E-state index contributed by atoms with van der Waals surface area (Å²) >= 11 is 3.51. The summed E-state index contributed by atoms with van der Waals surface area (Å²) in [6, 6.07) is 5.89. The highest BCUT2D eigenvalue weighted by Gasteiger charge is 2.03. The molecule has 3 heteroatoms. The molecule has 0 aliphatic rings. The van der Waals surface area contributed by atoms with Crippen LogP contribution >= 0.6 is 15.9 Å². The molecule has 1 rings (SSSR count). The average Bonchev–Trinajstić information content (AvgIpc) is 2.01. The molecule has 0 saturated heterocycles. The molecule has 1 atom stereocenters. The van der Waals surface area contributed by atoms with Crippen molar-refractivity contribution in [2.45, 2.75) is 38.1 Å². The van der Waals surface area contributed by atoms with E-state index in [1.807, 2.05) is 32.0 Å². The van der Waals surface area contributed by atoms with Crippen molar-refractivity contribution in [3.63, 3.8) is 0 Å². The lowest BCUT2D eigenvalue weighted by Crippen LogP contribution is -2.08. The molecular weight excluding hydrogens is 242 g/mol. The van der Waals surface area contributed by atoms with Crippen LogP contribution in [0.15, 0.2) is 18.2 Å². The second kappa shape index (κ2) is 5.35. The molecule has 1 aromatic rings. The Bertz CT molecular complexity index is 261. The highest BCUT2D eigenvalue weighted by molar-refractivity contribution is 9.09. The van der Waals surface area contributed by atoms with Crippen molar-refractivity contribution >= 4 is 15.9 Å². The predicted octanol–water partition coefficient (Wildman–Crippen LogP) is 3.19. The Morgan fingerprint density at radius 3 is 2.64 bits per heavy atom. The molecule has 14 heavy (non-hydrogen) atoms. The Morgan fingerprint density at radius 2 is 2.07 bits per heavy atom. The highest BCUT2D eigenvalue weighted by Crippen LogP contribution is 2.13. The first-order valence-corrected chi connectivity index (χ1v) is 5.76. The van der Waals surface area contributed by atoms with Crippen molar-refractivity contribution in [2.24, 2.45) is 0 Å². The van der Waals surface area contributed by atoms with Gasteiger partial charge in [-0.2, -0.15) is 0 Å². The molecule has 0 N–H and O–H groups in total. The minimum absolute atomic E-state index is 0.180. The maximum Gasteiger partial charge on any atom is 0.213 e. The zero-order chi connectivity index (χ0) is 10.6. The van der Waals surface area contributed by atoms with Crippen molar-refractivity contribution in [2.75, 3.05) is 0 Å². The largest absolute Gasteiger partial charge is 0.475 e. The molecule has 1 aromatic heterocycles. The smallest absolute Gasteiger partial charge is 0.213 e. The lowest BCUT2D eigenvalue weighted by Gasteiger charge is -2.10. The third-order valence-electron chi connectivity index (χ3n) is 1.63. The van der Waals surface area contributed by atoms with Gasteiger partial charge in [-0.05, 0) is 19.9 Å². The topological polar surface area (TPSA) is 22.1 Å². The van der Waals surface area contributed by atoms with E-state index in [-0.39, 0.29) is 6.10 Å². The first kappa shape index (κ1) is 11.5. The number of hydrogen-bond acceptors (Lipinski definition) is 2. The standard InChI is InChI=1S/C11H16BrNO/c1-8(2)14-11-6-4-5-10(13-11)7-9(3)12/h4-6,8-9H,7H2,1-3H3. The van der Waals surface area contributed by atoms with Crippen LogP contribution in [-0.4, -0.2) is 15.9 Å². The Hall–Kier alpha value is -0.570. The van der Waals surface area contributed by atoms with E-state index < -0.39 is 0 Å². The van der Waals surface area contributed by atoms with Crippen LogP contribution in [-0.2, 0) is 6.42 Å². The number of ether oxygens (including phenoxy) is 1. The average molecular weight is 258 g/mol. The lowest BCUT2D eigenvalue weighted by atomic mass is 10.2. The van der Waals surface area contributed by atoms with Crippen molar-refractivity contribution in [1.29, 1.82) is 0 Å². The van der Waals surface area contributed by atoms with Crippen LogP contribution in [0, 0.1) is 0 Å². The number of nitrogens with zero attached hydrogens (tertiary/aromatic N) is 1. The summed E-state index contributed by atoms with van der Waals surface area (Å²) in [6.45, 7) is 6.11. The number of aromatic nitrogens is 1. The zero-order valence-electron chi connectivity index (χ0n) is 8.83. The molecule has 0 amide bonds. The van der Waals surface area contributed by atoms with Crippen molar-refractivity contribution < 1.29 is 4.74 Å². The second-order valence-corrected chi connectivity index (χ2v) is 5.18. The molecule has 1 unspecified atom stereocenters. The first-order chi connectivity index (χ1) is 6.58. The van der Waals surface area contributed by atoms with Gasteiger partial charge in [0.1, 0.15) is 0 Å². The summed E-state index contributed by atoms with van der Waals surface area (Å²) in [4.78, 5) is 4.85. The van der Waals surface area contributed by atoms with Crippen LogP contribution in [0.3, 0.4) is 0 Å². The number of halogens is 1. The van der Waals surface area contributed by atoms with Gasteiger partial charge in [0.25, 0.3) is 0 Å². The van der Waals surface area contributed by atoms with E-state index in [0.29, 0.717) is 10.7 Å². The van der Waals surface area contributed by atoms with Gasteiger partial charge in [0.2, 0.25) is 5.88 Å². The van der Waals surface area contributed by atoms with Crippen LogP contribution in [0.1, 0.15) is 26.5 Å². The van der Waals surface area contributed by atoms with Crippen LogP contribution in [0.2, 0.25) is 0 Å². The van der Waals surface area contributed by atoms with E-state index in [4.69, 9.17) is 4.74 Å². The summed E-state index contributed by atoms with van der Waals surface area (Å²) in [5, 5.41) is 0. The maximum absolute atomic E-state index is 5.51. The molecule has 0 radical (unpaired) electrons. The summed E-state index contributed by atoms with van der Waals surface area (Å²) in [6.07, 6.45) is 1.11. The quantitative estimate of drug-likeness (QED) is 0.774. The summed E-state index contributed by atoms with van der Waals surface area (Å²) < 4.78 is 5.51. The van der Waals surface area contributed by atoms with E-state index in [0.717, 1.165) is 12.1 Å². The van der Waals surface area contributed by atoms with Gasteiger partial charge in [-0.1, -0.05) is 28.9 Å². The second-order valence-electron chi connectivity index (χ2n) is 3.62. The van der Waals surface area contributed by atoms with Crippen LogP contribution in [0.5, 0.6) is 5.88 Å².